The molecule has 1 heterocycles. The highest BCUT2D eigenvalue weighted by Crippen LogP contribution is 2.37. The van der Waals surface area contributed by atoms with Gasteiger partial charge in [0.25, 0.3) is 5.91 Å². The number of allylic oxidation sites excluding steroid dienone is 1. The predicted molar refractivity (Wildman–Crippen MR) is 106 cm³/mol. The van der Waals surface area contributed by atoms with Crippen molar-refractivity contribution in [2.45, 2.75) is 6.92 Å². The predicted octanol–water partition coefficient (Wildman–Crippen LogP) is 3.62. The standard InChI is InChI=1S/C21H17FN2O6/c1-12-19(21(26)30-3)14(20(25)23(12)16-7-5-4-6-15(16)22)10-13-8-9-18(29-2)17(11-13)24(27)28/h4-11H,1-3H3/b14-10-. The fourth-order valence-electron chi connectivity index (χ4n) is 3.21. The molecule has 0 aliphatic carbocycles. The highest BCUT2D eigenvalue weighted by atomic mass is 19.1. The Labute approximate surface area is 171 Å². The molecule has 0 N–H and O–H groups in total. The summed E-state index contributed by atoms with van der Waals surface area (Å²) in [6, 6.07) is 9.75. The molecule has 2 aromatic rings. The summed E-state index contributed by atoms with van der Waals surface area (Å²) in [7, 11) is 2.46. The van der Waals surface area contributed by atoms with Crippen molar-refractivity contribution in [2.75, 3.05) is 19.1 Å². The molecule has 0 radical (unpaired) electrons. The number of methoxy groups -OCH3 is 2. The Morgan fingerprint density at radius 1 is 1.20 bits per heavy atom. The first-order valence-electron chi connectivity index (χ1n) is 8.72. The van der Waals surface area contributed by atoms with Gasteiger partial charge in [-0.25, -0.2) is 9.18 Å². The summed E-state index contributed by atoms with van der Waals surface area (Å²) in [4.78, 5) is 37.3. The van der Waals surface area contributed by atoms with Crippen LogP contribution >= 0.6 is 0 Å². The molecule has 0 aromatic heterocycles. The quantitative estimate of drug-likeness (QED) is 0.322. The lowest BCUT2D eigenvalue weighted by molar-refractivity contribution is -0.385. The normalized spacial score (nSPS) is 15.0. The summed E-state index contributed by atoms with van der Waals surface area (Å²) < 4.78 is 24.1. The van der Waals surface area contributed by atoms with Gasteiger partial charge in [-0.15, -0.1) is 0 Å². The number of ether oxygens (including phenoxy) is 2. The van der Waals surface area contributed by atoms with Crippen molar-refractivity contribution in [3.8, 4) is 5.75 Å². The van der Waals surface area contributed by atoms with Crippen molar-refractivity contribution < 1.29 is 28.4 Å². The molecule has 0 bridgehead atoms. The van der Waals surface area contributed by atoms with E-state index in [-0.39, 0.29) is 39.5 Å². The summed E-state index contributed by atoms with van der Waals surface area (Å²) in [6.07, 6.45) is 1.32. The van der Waals surface area contributed by atoms with Gasteiger partial charge in [-0.05, 0) is 36.8 Å². The third-order valence-electron chi connectivity index (χ3n) is 4.59. The van der Waals surface area contributed by atoms with Gasteiger partial charge in [0, 0.05) is 11.8 Å². The second-order valence-corrected chi connectivity index (χ2v) is 6.29. The molecule has 8 nitrogen and oxygen atoms in total. The zero-order chi connectivity index (χ0) is 22.0. The summed E-state index contributed by atoms with van der Waals surface area (Å²) in [5.74, 6) is -2.03. The lowest BCUT2D eigenvalue weighted by Crippen LogP contribution is -2.25. The minimum atomic E-state index is -0.783. The van der Waals surface area contributed by atoms with Crippen LogP contribution in [0.25, 0.3) is 6.08 Å². The molecule has 0 saturated heterocycles. The SMILES string of the molecule is COC(=O)C1=C(C)N(c2ccccc2F)C(=O)/C1=C\c1ccc(OC)c([N+](=O)[O-])c1. The third kappa shape index (κ3) is 3.52. The van der Waals surface area contributed by atoms with Gasteiger partial charge in [0.2, 0.25) is 0 Å². The van der Waals surface area contributed by atoms with Crippen molar-refractivity contribution in [1.82, 2.24) is 0 Å². The van der Waals surface area contributed by atoms with Crippen LogP contribution in [0.5, 0.6) is 5.75 Å². The van der Waals surface area contributed by atoms with E-state index in [1.807, 2.05) is 0 Å². The number of nitro benzene ring substituents is 1. The van der Waals surface area contributed by atoms with E-state index in [4.69, 9.17) is 9.47 Å². The van der Waals surface area contributed by atoms with Crippen LogP contribution < -0.4 is 9.64 Å². The molecule has 0 saturated carbocycles. The molecule has 0 unspecified atom stereocenters. The molecular weight excluding hydrogens is 395 g/mol. The fraction of sp³-hybridized carbons (Fsp3) is 0.143. The maximum Gasteiger partial charge on any atom is 0.340 e. The van der Waals surface area contributed by atoms with Crippen LogP contribution in [0.3, 0.4) is 0 Å². The van der Waals surface area contributed by atoms with Gasteiger partial charge in [-0.3, -0.25) is 19.8 Å². The van der Waals surface area contributed by atoms with Gasteiger partial charge in [0.1, 0.15) is 5.82 Å². The van der Waals surface area contributed by atoms with Crippen molar-refractivity contribution >= 4 is 29.3 Å². The second kappa shape index (κ2) is 8.16. The molecule has 1 aliphatic heterocycles. The number of carbonyl (C=O) groups is 2. The third-order valence-corrected chi connectivity index (χ3v) is 4.59. The van der Waals surface area contributed by atoms with Crippen LogP contribution in [-0.2, 0) is 14.3 Å². The lowest BCUT2D eigenvalue weighted by atomic mass is 10.0. The molecule has 9 heteroatoms. The Bertz CT molecular complexity index is 1120. The fourth-order valence-corrected chi connectivity index (χ4v) is 3.21. The maximum atomic E-state index is 14.3. The average molecular weight is 412 g/mol. The molecular formula is C21H17FN2O6. The Balaban J connectivity index is 2.17. The van der Waals surface area contributed by atoms with Crippen molar-refractivity contribution in [1.29, 1.82) is 0 Å². The van der Waals surface area contributed by atoms with Crippen molar-refractivity contribution in [3.05, 3.63) is 80.8 Å². The number of para-hydroxylation sites is 1. The van der Waals surface area contributed by atoms with Crippen LogP contribution in [0.2, 0.25) is 0 Å². The Morgan fingerprint density at radius 3 is 2.50 bits per heavy atom. The van der Waals surface area contributed by atoms with E-state index in [0.717, 1.165) is 12.0 Å². The molecule has 1 amide bonds. The molecule has 1 aliphatic rings. The second-order valence-electron chi connectivity index (χ2n) is 6.29. The Morgan fingerprint density at radius 2 is 1.90 bits per heavy atom. The van der Waals surface area contributed by atoms with Crippen molar-refractivity contribution in [2.24, 2.45) is 0 Å². The molecule has 0 fully saturated rings. The Hall–Kier alpha value is -4.01. The number of hydrogen-bond donors (Lipinski definition) is 0. The van der Waals surface area contributed by atoms with E-state index in [1.165, 1.54) is 56.5 Å². The Kier molecular flexibility index (Phi) is 5.63. The summed E-state index contributed by atoms with van der Waals surface area (Å²) >= 11 is 0. The van der Waals surface area contributed by atoms with E-state index < -0.39 is 22.6 Å². The van der Waals surface area contributed by atoms with Gasteiger partial charge in [-0.2, -0.15) is 0 Å². The highest BCUT2D eigenvalue weighted by molar-refractivity contribution is 6.23. The van der Waals surface area contributed by atoms with Gasteiger partial charge in [0.05, 0.1) is 36.0 Å². The number of hydrogen-bond acceptors (Lipinski definition) is 6. The highest BCUT2D eigenvalue weighted by Gasteiger charge is 2.38. The molecule has 154 valence electrons. The van der Waals surface area contributed by atoms with Crippen LogP contribution in [0, 0.1) is 15.9 Å². The van der Waals surface area contributed by atoms with E-state index in [1.54, 1.807) is 6.07 Å². The monoisotopic (exact) mass is 412 g/mol. The van der Waals surface area contributed by atoms with E-state index >= 15 is 0 Å². The van der Waals surface area contributed by atoms with Gasteiger partial charge < -0.3 is 9.47 Å². The van der Waals surface area contributed by atoms with Crippen LogP contribution in [0.15, 0.2) is 59.3 Å². The van der Waals surface area contributed by atoms with Crippen LogP contribution in [-0.4, -0.2) is 31.0 Å². The molecule has 0 atom stereocenters. The van der Waals surface area contributed by atoms with Gasteiger partial charge in [-0.1, -0.05) is 18.2 Å². The number of nitrogens with zero attached hydrogens (tertiary/aromatic N) is 2. The molecule has 30 heavy (non-hydrogen) atoms. The van der Waals surface area contributed by atoms with E-state index in [2.05, 4.69) is 0 Å². The number of rotatable bonds is 5. The summed E-state index contributed by atoms with van der Waals surface area (Å²) in [5.41, 5.74) is 0.0297. The molecule has 2 aromatic carbocycles. The zero-order valence-electron chi connectivity index (χ0n) is 16.3. The first-order chi connectivity index (χ1) is 14.3. The maximum absolute atomic E-state index is 14.3. The lowest BCUT2D eigenvalue weighted by Gasteiger charge is -2.18. The van der Waals surface area contributed by atoms with Crippen molar-refractivity contribution in [3.63, 3.8) is 0 Å². The molecule has 0 spiro atoms. The van der Waals surface area contributed by atoms with E-state index in [0.29, 0.717) is 0 Å². The number of nitro groups is 1. The van der Waals surface area contributed by atoms with E-state index in [9.17, 15) is 24.1 Å². The smallest absolute Gasteiger partial charge is 0.340 e. The largest absolute Gasteiger partial charge is 0.490 e. The van der Waals surface area contributed by atoms with Gasteiger partial charge in [0.15, 0.2) is 5.75 Å². The zero-order valence-corrected chi connectivity index (χ0v) is 16.3. The van der Waals surface area contributed by atoms with Gasteiger partial charge >= 0.3 is 11.7 Å². The first kappa shape index (κ1) is 20.7. The minimum absolute atomic E-state index is 0.0227. The first-order valence-corrected chi connectivity index (χ1v) is 8.72. The van der Waals surface area contributed by atoms with Crippen LogP contribution in [0.4, 0.5) is 15.8 Å². The number of esters is 1. The summed E-state index contributed by atoms with van der Waals surface area (Å²) in [5, 5.41) is 11.3. The number of anilines is 1. The average Bonchev–Trinajstić information content (AvgIpc) is 2.97. The number of halogens is 1. The number of benzene rings is 2. The summed E-state index contributed by atoms with van der Waals surface area (Å²) in [6.45, 7) is 1.49. The van der Waals surface area contributed by atoms with Crippen LogP contribution in [0.1, 0.15) is 12.5 Å². The number of carbonyl (C=O) groups excluding carboxylic acids is 2. The minimum Gasteiger partial charge on any atom is -0.490 e. The number of amides is 1. The molecule has 3 rings (SSSR count). The topological polar surface area (TPSA) is 99.0 Å².